The van der Waals surface area contributed by atoms with E-state index in [9.17, 15) is 9.59 Å². The molecule has 0 bridgehead atoms. The van der Waals surface area contributed by atoms with Crippen molar-refractivity contribution in [3.05, 3.63) is 42.1 Å². The second-order valence-corrected chi connectivity index (χ2v) is 3.75. The van der Waals surface area contributed by atoms with Gasteiger partial charge < -0.3 is 9.15 Å². The first-order chi connectivity index (χ1) is 8.65. The third-order valence-electron chi connectivity index (χ3n) is 2.15. The minimum Gasteiger partial charge on any atom is -0.452 e. The number of hydrogen-bond acceptors (Lipinski definition) is 5. The van der Waals surface area contributed by atoms with Gasteiger partial charge in [-0.1, -0.05) is 0 Å². The molecule has 0 aromatic carbocycles. The predicted molar refractivity (Wildman–Crippen MR) is 61.0 cm³/mol. The lowest BCUT2D eigenvalue weighted by molar-refractivity contribution is -0.120. The molecule has 0 atom stereocenters. The second-order valence-electron chi connectivity index (χ2n) is 3.75. The van der Waals surface area contributed by atoms with Gasteiger partial charge in [0.15, 0.2) is 5.78 Å². The van der Waals surface area contributed by atoms with Crippen LogP contribution in [0.5, 0.6) is 0 Å². The molecule has 2 heterocycles. The molecule has 0 spiro atoms. The third kappa shape index (κ3) is 3.07. The van der Waals surface area contributed by atoms with Gasteiger partial charge >= 0.3 is 5.97 Å². The number of esters is 1. The quantitative estimate of drug-likeness (QED) is 0.745. The highest BCUT2D eigenvalue weighted by atomic mass is 16.5. The van der Waals surface area contributed by atoms with Gasteiger partial charge in [-0.05, 0) is 25.1 Å². The van der Waals surface area contributed by atoms with Crippen LogP contribution in [0.25, 0.3) is 0 Å². The normalized spacial score (nSPS) is 10.3. The fraction of sp³-hybridized carbons (Fsp3) is 0.250. The maximum Gasteiger partial charge on any atom is 0.374 e. The molecule has 0 aliphatic rings. The summed E-state index contributed by atoms with van der Waals surface area (Å²) in [7, 11) is 0. The molecule has 2 aromatic heterocycles. The van der Waals surface area contributed by atoms with Gasteiger partial charge in [0.25, 0.3) is 0 Å². The highest BCUT2D eigenvalue weighted by Gasteiger charge is 2.13. The van der Waals surface area contributed by atoms with Crippen LogP contribution in [0.2, 0.25) is 0 Å². The van der Waals surface area contributed by atoms with Crippen LogP contribution in [-0.4, -0.2) is 28.1 Å². The predicted octanol–water partition coefficient (Wildman–Crippen LogP) is 1.27. The molecule has 18 heavy (non-hydrogen) atoms. The fourth-order valence-electron chi connectivity index (χ4n) is 1.36. The lowest BCUT2D eigenvalue weighted by Crippen LogP contribution is -2.10. The highest BCUT2D eigenvalue weighted by Crippen LogP contribution is 2.10. The number of carbonyl (C=O) groups is 2. The molecular formula is C12H12N2O4. The van der Waals surface area contributed by atoms with E-state index in [0.29, 0.717) is 12.3 Å². The van der Waals surface area contributed by atoms with Crippen LogP contribution in [-0.2, 0) is 16.1 Å². The van der Waals surface area contributed by atoms with E-state index >= 15 is 0 Å². The van der Waals surface area contributed by atoms with Crippen molar-refractivity contribution >= 4 is 11.8 Å². The number of ketones is 1. The summed E-state index contributed by atoms with van der Waals surface area (Å²) < 4.78 is 11.7. The largest absolute Gasteiger partial charge is 0.452 e. The van der Waals surface area contributed by atoms with Crippen LogP contribution >= 0.6 is 0 Å². The van der Waals surface area contributed by atoms with E-state index in [4.69, 9.17) is 9.15 Å². The standard InChI is InChI=1S/C12H12N2O4/c1-9(15)8-17-12(16)11-4-3-10(18-11)7-14-6-2-5-13-14/h2-6H,7-8H2,1H3. The molecule has 0 saturated carbocycles. The van der Waals surface area contributed by atoms with Crippen molar-refractivity contribution in [2.45, 2.75) is 13.5 Å². The van der Waals surface area contributed by atoms with Crippen molar-refractivity contribution < 1.29 is 18.7 Å². The number of nitrogens with zero attached hydrogens (tertiary/aromatic N) is 2. The molecule has 0 radical (unpaired) electrons. The van der Waals surface area contributed by atoms with Crippen LogP contribution in [0.1, 0.15) is 23.2 Å². The van der Waals surface area contributed by atoms with Gasteiger partial charge in [0.2, 0.25) is 5.76 Å². The Kier molecular flexibility index (Phi) is 3.57. The Balaban J connectivity index is 1.97. The van der Waals surface area contributed by atoms with Gasteiger partial charge in [-0.3, -0.25) is 9.48 Å². The van der Waals surface area contributed by atoms with Gasteiger partial charge in [0, 0.05) is 12.4 Å². The van der Waals surface area contributed by atoms with Gasteiger partial charge in [0.05, 0.1) is 6.54 Å². The Labute approximate surface area is 103 Å². The summed E-state index contributed by atoms with van der Waals surface area (Å²) in [4.78, 5) is 22.2. The minimum absolute atomic E-state index is 0.0819. The first-order valence-corrected chi connectivity index (χ1v) is 5.38. The van der Waals surface area contributed by atoms with Crippen molar-refractivity contribution in [3.63, 3.8) is 0 Å². The Morgan fingerprint density at radius 3 is 2.94 bits per heavy atom. The summed E-state index contributed by atoms with van der Waals surface area (Å²) in [6.07, 6.45) is 3.45. The zero-order valence-corrected chi connectivity index (χ0v) is 9.83. The summed E-state index contributed by atoms with van der Waals surface area (Å²) >= 11 is 0. The number of rotatable bonds is 5. The molecule has 2 rings (SSSR count). The average molecular weight is 248 g/mol. The molecule has 0 N–H and O–H groups in total. The first kappa shape index (κ1) is 12.1. The monoisotopic (exact) mass is 248 g/mol. The molecule has 0 unspecified atom stereocenters. The molecule has 2 aromatic rings. The molecule has 0 aliphatic heterocycles. The summed E-state index contributed by atoms with van der Waals surface area (Å²) in [5.74, 6) is -0.185. The van der Waals surface area contributed by atoms with Gasteiger partial charge in [0.1, 0.15) is 12.4 Å². The molecule has 0 fully saturated rings. The van der Waals surface area contributed by atoms with Crippen molar-refractivity contribution in [3.8, 4) is 0 Å². The molecule has 0 amide bonds. The number of aromatic nitrogens is 2. The number of carbonyl (C=O) groups excluding carboxylic acids is 2. The number of furan rings is 1. The van der Waals surface area contributed by atoms with E-state index in [1.165, 1.54) is 13.0 Å². The summed E-state index contributed by atoms with van der Waals surface area (Å²) in [5.41, 5.74) is 0. The van der Waals surface area contributed by atoms with Gasteiger partial charge in [-0.2, -0.15) is 5.10 Å². The first-order valence-electron chi connectivity index (χ1n) is 5.38. The molecule has 94 valence electrons. The summed E-state index contributed by atoms with van der Waals surface area (Å²) in [6, 6.07) is 4.98. The highest BCUT2D eigenvalue weighted by molar-refractivity contribution is 5.88. The van der Waals surface area contributed by atoms with Crippen LogP contribution in [0.15, 0.2) is 35.0 Å². The van der Waals surface area contributed by atoms with Crippen LogP contribution in [0, 0.1) is 0 Å². The average Bonchev–Trinajstić information content (AvgIpc) is 2.98. The molecule has 0 aliphatic carbocycles. The lowest BCUT2D eigenvalue weighted by atomic mass is 10.4. The van der Waals surface area contributed by atoms with E-state index < -0.39 is 5.97 Å². The lowest BCUT2D eigenvalue weighted by Gasteiger charge is -1.99. The molecule has 6 heteroatoms. The fourth-order valence-corrected chi connectivity index (χ4v) is 1.36. The Bertz CT molecular complexity index is 542. The van der Waals surface area contributed by atoms with Crippen molar-refractivity contribution in [1.29, 1.82) is 0 Å². The van der Waals surface area contributed by atoms with Crippen LogP contribution in [0.4, 0.5) is 0 Å². The van der Waals surface area contributed by atoms with Gasteiger partial charge in [-0.15, -0.1) is 0 Å². The zero-order valence-electron chi connectivity index (χ0n) is 9.83. The van der Waals surface area contributed by atoms with Crippen molar-refractivity contribution in [2.75, 3.05) is 6.61 Å². The summed E-state index contributed by atoms with van der Waals surface area (Å²) in [5, 5.41) is 4.02. The zero-order chi connectivity index (χ0) is 13.0. The van der Waals surface area contributed by atoms with Gasteiger partial charge in [-0.25, -0.2) is 4.79 Å². The van der Waals surface area contributed by atoms with Crippen molar-refractivity contribution in [1.82, 2.24) is 9.78 Å². The minimum atomic E-state index is -0.642. The van der Waals surface area contributed by atoms with E-state index in [-0.39, 0.29) is 18.2 Å². The summed E-state index contributed by atoms with van der Waals surface area (Å²) in [6.45, 7) is 1.54. The Hall–Kier alpha value is -2.37. The SMILES string of the molecule is CC(=O)COC(=O)c1ccc(Cn2cccn2)o1. The van der Waals surface area contributed by atoms with E-state index in [0.717, 1.165) is 0 Å². The number of Topliss-reactive ketones (excluding diaryl/α,β-unsaturated/α-hetero) is 1. The Morgan fingerprint density at radius 2 is 2.28 bits per heavy atom. The second kappa shape index (κ2) is 5.31. The molecule has 0 saturated heterocycles. The van der Waals surface area contributed by atoms with Crippen LogP contribution in [0.3, 0.4) is 0 Å². The smallest absolute Gasteiger partial charge is 0.374 e. The van der Waals surface area contributed by atoms with E-state index in [1.54, 1.807) is 29.2 Å². The number of ether oxygens (including phenoxy) is 1. The van der Waals surface area contributed by atoms with Crippen LogP contribution < -0.4 is 0 Å². The third-order valence-corrected chi connectivity index (χ3v) is 2.15. The van der Waals surface area contributed by atoms with E-state index in [2.05, 4.69) is 5.10 Å². The molecular weight excluding hydrogens is 236 g/mol. The molecule has 6 nitrogen and oxygen atoms in total. The maximum atomic E-state index is 11.5. The topological polar surface area (TPSA) is 74.3 Å². The van der Waals surface area contributed by atoms with E-state index in [1.807, 2.05) is 0 Å². The maximum absolute atomic E-state index is 11.5. The van der Waals surface area contributed by atoms with Crippen molar-refractivity contribution in [2.24, 2.45) is 0 Å². The Morgan fingerprint density at radius 1 is 1.44 bits per heavy atom. The number of hydrogen-bond donors (Lipinski definition) is 0.